The summed E-state index contributed by atoms with van der Waals surface area (Å²) < 4.78 is 5.14. The smallest absolute Gasteiger partial charge is 0.158 e. The van der Waals surface area contributed by atoms with Crippen LogP contribution in [0.3, 0.4) is 0 Å². The Kier molecular flexibility index (Phi) is 5.55. The Hall–Kier alpha value is -1.40. The molecule has 1 saturated carbocycles. The minimum absolute atomic E-state index is 0.137. The summed E-state index contributed by atoms with van der Waals surface area (Å²) in [6.45, 7) is 4.14. The Bertz CT molecular complexity index is 424. The quantitative estimate of drug-likeness (QED) is 0.712. The van der Waals surface area contributed by atoms with Crippen molar-refractivity contribution in [3.8, 4) is 0 Å². The van der Waals surface area contributed by atoms with Crippen molar-refractivity contribution in [3.05, 3.63) is 11.9 Å². The summed E-state index contributed by atoms with van der Waals surface area (Å²) >= 11 is 0. The molecular weight excluding hydrogens is 256 g/mol. The van der Waals surface area contributed by atoms with Crippen LogP contribution in [0.2, 0.25) is 0 Å². The van der Waals surface area contributed by atoms with Gasteiger partial charge >= 0.3 is 0 Å². The van der Waals surface area contributed by atoms with Gasteiger partial charge in [0, 0.05) is 32.3 Å². The monoisotopic (exact) mass is 280 g/mol. The van der Waals surface area contributed by atoms with Crippen LogP contribution >= 0.6 is 0 Å². The summed E-state index contributed by atoms with van der Waals surface area (Å²) in [5.41, 5.74) is 0. The molecule has 112 valence electrons. The summed E-state index contributed by atoms with van der Waals surface area (Å²) in [5, 5.41) is 12.5. The molecule has 1 aliphatic rings. The number of hydrogen-bond acceptors (Lipinski definition) is 6. The number of aliphatic hydroxyl groups excluding tert-OH is 1. The zero-order valence-corrected chi connectivity index (χ0v) is 12.3. The summed E-state index contributed by atoms with van der Waals surface area (Å²) in [6, 6.07) is 2.47. The molecule has 1 aromatic heterocycles. The highest BCUT2D eigenvalue weighted by atomic mass is 16.5. The van der Waals surface area contributed by atoms with Gasteiger partial charge in [0.1, 0.15) is 18.2 Å². The number of nitrogens with one attached hydrogen (secondary N) is 1. The number of rotatable bonds is 9. The molecule has 2 rings (SSSR count). The summed E-state index contributed by atoms with van der Waals surface area (Å²) in [5.74, 6) is 2.38. The van der Waals surface area contributed by atoms with E-state index >= 15 is 0 Å². The van der Waals surface area contributed by atoms with Gasteiger partial charge in [0.2, 0.25) is 0 Å². The summed E-state index contributed by atoms with van der Waals surface area (Å²) in [4.78, 5) is 11.2. The van der Waals surface area contributed by atoms with Crippen molar-refractivity contribution >= 4 is 11.6 Å². The second-order valence-electron chi connectivity index (χ2n) is 5.04. The molecule has 2 N–H and O–H groups in total. The van der Waals surface area contributed by atoms with Gasteiger partial charge < -0.3 is 20.1 Å². The van der Waals surface area contributed by atoms with Crippen LogP contribution in [-0.2, 0) is 11.3 Å². The van der Waals surface area contributed by atoms with E-state index in [9.17, 15) is 5.11 Å². The van der Waals surface area contributed by atoms with E-state index in [-0.39, 0.29) is 6.61 Å². The Morgan fingerprint density at radius 3 is 2.85 bits per heavy atom. The second-order valence-corrected chi connectivity index (χ2v) is 5.04. The van der Waals surface area contributed by atoms with Gasteiger partial charge in [0.05, 0.1) is 6.61 Å². The highest BCUT2D eigenvalue weighted by Gasteiger charge is 2.30. The van der Waals surface area contributed by atoms with Crippen LogP contribution in [0.4, 0.5) is 11.6 Å². The van der Waals surface area contributed by atoms with E-state index < -0.39 is 0 Å². The maximum atomic E-state index is 9.23. The normalized spacial score (nSPS) is 14.3. The lowest BCUT2D eigenvalue weighted by Crippen LogP contribution is -2.30. The molecule has 6 nitrogen and oxygen atoms in total. The maximum Gasteiger partial charge on any atom is 0.158 e. The molecule has 0 unspecified atom stereocenters. The average molecular weight is 280 g/mol. The van der Waals surface area contributed by atoms with Crippen molar-refractivity contribution in [2.75, 3.05) is 37.0 Å². The van der Waals surface area contributed by atoms with Gasteiger partial charge in [-0.1, -0.05) is 6.92 Å². The highest BCUT2D eigenvalue weighted by Crippen LogP contribution is 2.31. The SMILES string of the molecule is CCCNc1cc(N(CCO)C2CC2)nc(COC)n1. The van der Waals surface area contributed by atoms with Crippen LogP contribution in [0.25, 0.3) is 0 Å². The van der Waals surface area contributed by atoms with E-state index in [2.05, 4.69) is 27.1 Å². The number of ether oxygens (including phenoxy) is 1. The lowest BCUT2D eigenvalue weighted by molar-refractivity contribution is 0.178. The predicted molar refractivity (Wildman–Crippen MR) is 79.0 cm³/mol. The lowest BCUT2D eigenvalue weighted by Gasteiger charge is -2.23. The van der Waals surface area contributed by atoms with Gasteiger partial charge in [-0.2, -0.15) is 0 Å². The third kappa shape index (κ3) is 4.05. The molecule has 1 aliphatic carbocycles. The average Bonchev–Trinajstić information content (AvgIpc) is 3.27. The van der Waals surface area contributed by atoms with Gasteiger partial charge in [-0.3, -0.25) is 0 Å². The van der Waals surface area contributed by atoms with Gasteiger partial charge in [0.15, 0.2) is 5.82 Å². The number of methoxy groups -OCH3 is 1. The second kappa shape index (κ2) is 7.40. The minimum atomic E-state index is 0.137. The lowest BCUT2D eigenvalue weighted by atomic mass is 10.4. The first-order valence-electron chi connectivity index (χ1n) is 7.26. The molecule has 0 radical (unpaired) electrons. The number of aromatic nitrogens is 2. The topological polar surface area (TPSA) is 70.5 Å². The van der Waals surface area contributed by atoms with Crippen molar-refractivity contribution in [3.63, 3.8) is 0 Å². The maximum absolute atomic E-state index is 9.23. The van der Waals surface area contributed by atoms with Crippen LogP contribution in [0, 0.1) is 0 Å². The fourth-order valence-electron chi connectivity index (χ4n) is 2.15. The van der Waals surface area contributed by atoms with Crippen molar-refractivity contribution in [2.24, 2.45) is 0 Å². The number of hydrogen-bond donors (Lipinski definition) is 2. The largest absolute Gasteiger partial charge is 0.395 e. The third-order valence-corrected chi connectivity index (χ3v) is 3.21. The number of anilines is 2. The fraction of sp³-hybridized carbons (Fsp3) is 0.714. The van der Waals surface area contributed by atoms with E-state index in [1.165, 1.54) is 12.8 Å². The van der Waals surface area contributed by atoms with E-state index in [0.29, 0.717) is 25.0 Å². The number of nitrogens with zero attached hydrogens (tertiary/aromatic N) is 3. The first kappa shape index (κ1) is 15.0. The predicted octanol–water partition coefficient (Wildman–Crippen LogP) is 1.41. The first-order chi connectivity index (χ1) is 9.78. The molecule has 6 heteroatoms. The van der Waals surface area contributed by atoms with Crippen LogP contribution in [0.15, 0.2) is 6.07 Å². The van der Waals surface area contributed by atoms with Gasteiger partial charge in [-0.25, -0.2) is 9.97 Å². The molecule has 0 bridgehead atoms. The molecule has 0 spiro atoms. The van der Waals surface area contributed by atoms with Gasteiger partial charge in [-0.15, -0.1) is 0 Å². The molecule has 1 aromatic rings. The summed E-state index contributed by atoms with van der Waals surface area (Å²) in [7, 11) is 1.64. The molecule has 1 heterocycles. The Morgan fingerprint density at radius 1 is 1.45 bits per heavy atom. The molecule has 0 atom stereocenters. The molecule has 0 amide bonds. The van der Waals surface area contributed by atoms with Gasteiger partial charge in [0.25, 0.3) is 0 Å². The zero-order chi connectivity index (χ0) is 14.4. The number of aliphatic hydroxyl groups is 1. The van der Waals surface area contributed by atoms with Crippen LogP contribution in [0.5, 0.6) is 0 Å². The standard InChI is InChI=1S/C14H24N4O2/c1-3-6-15-12-9-14(17-13(16-12)10-20-2)18(7-8-19)11-4-5-11/h9,11,19H,3-8,10H2,1-2H3,(H,15,16,17). The Morgan fingerprint density at radius 2 is 2.25 bits per heavy atom. The molecule has 1 fully saturated rings. The van der Waals surface area contributed by atoms with Crippen LogP contribution < -0.4 is 10.2 Å². The fourth-order valence-corrected chi connectivity index (χ4v) is 2.15. The van der Waals surface area contributed by atoms with Crippen LogP contribution in [0.1, 0.15) is 32.0 Å². The molecule has 0 saturated heterocycles. The van der Waals surface area contributed by atoms with Crippen molar-refractivity contribution in [2.45, 2.75) is 38.8 Å². The van der Waals surface area contributed by atoms with E-state index in [1.54, 1.807) is 7.11 Å². The molecule has 20 heavy (non-hydrogen) atoms. The Labute approximate surface area is 120 Å². The Balaban J connectivity index is 2.21. The van der Waals surface area contributed by atoms with E-state index in [0.717, 1.165) is 24.6 Å². The molecule has 0 aliphatic heterocycles. The summed E-state index contributed by atoms with van der Waals surface area (Å²) in [6.07, 6.45) is 3.38. The van der Waals surface area contributed by atoms with Crippen molar-refractivity contribution in [1.82, 2.24) is 9.97 Å². The van der Waals surface area contributed by atoms with E-state index in [1.807, 2.05) is 6.07 Å². The van der Waals surface area contributed by atoms with Crippen molar-refractivity contribution in [1.29, 1.82) is 0 Å². The highest BCUT2D eigenvalue weighted by molar-refractivity contribution is 5.51. The third-order valence-electron chi connectivity index (χ3n) is 3.21. The van der Waals surface area contributed by atoms with Crippen molar-refractivity contribution < 1.29 is 9.84 Å². The minimum Gasteiger partial charge on any atom is -0.395 e. The zero-order valence-electron chi connectivity index (χ0n) is 12.3. The molecular formula is C14H24N4O2. The van der Waals surface area contributed by atoms with Crippen LogP contribution in [-0.4, -0.2) is 47.9 Å². The molecule has 0 aromatic carbocycles. The van der Waals surface area contributed by atoms with Gasteiger partial charge in [-0.05, 0) is 19.3 Å². The van der Waals surface area contributed by atoms with E-state index in [4.69, 9.17) is 4.74 Å². The first-order valence-corrected chi connectivity index (χ1v) is 7.26.